The number of likely N-dealkylation sites (N-methyl/N-ethyl adjacent to an activating group) is 1. The zero-order valence-electron chi connectivity index (χ0n) is 12.2. The number of ketones is 1. The van der Waals surface area contributed by atoms with Crippen LogP contribution in [0, 0.1) is 12.8 Å². The van der Waals surface area contributed by atoms with E-state index in [0.29, 0.717) is 5.92 Å². The van der Waals surface area contributed by atoms with Gasteiger partial charge in [-0.3, -0.25) is 9.69 Å². The molecule has 0 N–H and O–H groups in total. The first kappa shape index (κ1) is 14.9. The molecule has 1 atom stereocenters. The molecule has 0 spiro atoms. The van der Waals surface area contributed by atoms with Crippen LogP contribution in [0.15, 0.2) is 24.3 Å². The lowest BCUT2D eigenvalue weighted by Crippen LogP contribution is -2.37. The van der Waals surface area contributed by atoms with Crippen LogP contribution in [-0.2, 0) is 0 Å². The number of Topliss-reactive ketones (excluding diaryl/α,β-unsaturated/α-hetero) is 1. The molecule has 18 heavy (non-hydrogen) atoms. The fourth-order valence-corrected chi connectivity index (χ4v) is 1.81. The Morgan fingerprint density at radius 3 is 2.22 bits per heavy atom. The van der Waals surface area contributed by atoms with Crippen molar-refractivity contribution in [2.75, 3.05) is 13.6 Å². The molecule has 1 unspecified atom stereocenters. The lowest BCUT2D eigenvalue weighted by atomic mass is 10.0. The van der Waals surface area contributed by atoms with Crippen LogP contribution in [0.25, 0.3) is 0 Å². The maximum atomic E-state index is 12.3. The molecular formula is C16H25NO. The smallest absolute Gasteiger partial charge is 0.179 e. The summed E-state index contributed by atoms with van der Waals surface area (Å²) in [7, 11) is 2.03. The summed E-state index contributed by atoms with van der Waals surface area (Å²) in [6.07, 6.45) is 1.13. The van der Waals surface area contributed by atoms with Gasteiger partial charge in [-0.25, -0.2) is 0 Å². The second-order valence-corrected chi connectivity index (χ2v) is 5.57. The molecule has 1 aromatic carbocycles. The number of rotatable bonds is 6. The molecule has 0 amide bonds. The summed E-state index contributed by atoms with van der Waals surface area (Å²) < 4.78 is 0. The van der Waals surface area contributed by atoms with E-state index in [1.165, 1.54) is 5.56 Å². The van der Waals surface area contributed by atoms with Gasteiger partial charge in [0, 0.05) is 5.56 Å². The van der Waals surface area contributed by atoms with Crippen LogP contribution < -0.4 is 0 Å². The molecule has 1 aromatic rings. The monoisotopic (exact) mass is 247 g/mol. The topological polar surface area (TPSA) is 20.3 Å². The minimum absolute atomic E-state index is 0.0496. The number of benzene rings is 1. The van der Waals surface area contributed by atoms with Crippen molar-refractivity contribution in [3.8, 4) is 0 Å². The third-order valence-electron chi connectivity index (χ3n) is 3.44. The second kappa shape index (κ2) is 6.69. The third kappa shape index (κ3) is 4.26. The van der Waals surface area contributed by atoms with E-state index < -0.39 is 0 Å². The van der Waals surface area contributed by atoms with E-state index in [9.17, 15) is 4.79 Å². The Kier molecular flexibility index (Phi) is 5.54. The quantitative estimate of drug-likeness (QED) is 0.717. The second-order valence-electron chi connectivity index (χ2n) is 5.57. The van der Waals surface area contributed by atoms with Gasteiger partial charge in [0.05, 0.1) is 6.04 Å². The summed E-state index contributed by atoms with van der Waals surface area (Å²) in [5, 5.41) is 0. The van der Waals surface area contributed by atoms with Crippen molar-refractivity contribution in [3.05, 3.63) is 35.4 Å². The number of hydrogen-bond donors (Lipinski definition) is 0. The van der Waals surface area contributed by atoms with Crippen molar-refractivity contribution < 1.29 is 4.79 Å². The lowest BCUT2D eigenvalue weighted by Gasteiger charge is -2.24. The standard InChI is InChI=1S/C16H25NO/c1-12(2)10-11-17(5)14(4)16(18)15-8-6-13(3)7-9-15/h6-9,12,14H,10-11H2,1-5H3. The molecule has 100 valence electrons. The molecule has 0 heterocycles. The lowest BCUT2D eigenvalue weighted by molar-refractivity contribution is 0.0864. The predicted octanol–water partition coefficient (Wildman–Crippen LogP) is 3.54. The Labute approximate surface area is 111 Å². The summed E-state index contributed by atoms with van der Waals surface area (Å²) in [6, 6.07) is 7.78. The average molecular weight is 247 g/mol. The van der Waals surface area contributed by atoms with Crippen molar-refractivity contribution >= 4 is 5.78 Å². The minimum atomic E-state index is -0.0496. The van der Waals surface area contributed by atoms with Gasteiger partial charge in [0.1, 0.15) is 0 Å². The van der Waals surface area contributed by atoms with E-state index in [1.54, 1.807) is 0 Å². The van der Waals surface area contributed by atoms with Gasteiger partial charge in [0.2, 0.25) is 0 Å². The molecule has 0 bridgehead atoms. The van der Waals surface area contributed by atoms with Crippen molar-refractivity contribution in [1.29, 1.82) is 0 Å². The maximum absolute atomic E-state index is 12.3. The predicted molar refractivity (Wildman–Crippen MR) is 77.1 cm³/mol. The Bertz CT molecular complexity index is 381. The highest BCUT2D eigenvalue weighted by Gasteiger charge is 2.19. The van der Waals surface area contributed by atoms with Crippen LogP contribution in [0.2, 0.25) is 0 Å². The highest BCUT2D eigenvalue weighted by Crippen LogP contribution is 2.11. The molecule has 0 aliphatic rings. The van der Waals surface area contributed by atoms with Crippen molar-refractivity contribution in [2.45, 2.75) is 40.2 Å². The van der Waals surface area contributed by atoms with E-state index in [1.807, 2.05) is 45.2 Å². The first-order chi connectivity index (χ1) is 8.41. The molecule has 2 heteroatoms. The number of nitrogens with zero attached hydrogens (tertiary/aromatic N) is 1. The zero-order valence-corrected chi connectivity index (χ0v) is 12.2. The molecule has 0 aliphatic heterocycles. The SMILES string of the molecule is Cc1ccc(C(=O)C(C)N(C)CCC(C)C)cc1. The molecule has 2 nitrogen and oxygen atoms in total. The van der Waals surface area contributed by atoms with Gasteiger partial charge in [-0.1, -0.05) is 43.7 Å². The van der Waals surface area contributed by atoms with E-state index >= 15 is 0 Å². The van der Waals surface area contributed by atoms with E-state index in [2.05, 4.69) is 18.7 Å². The first-order valence-electron chi connectivity index (χ1n) is 6.73. The van der Waals surface area contributed by atoms with Crippen LogP contribution in [0.4, 0.5) is 0 Å². The van der Waals surface area contributed by atoms with Gasteiger partial charge in [-0.2, -0.15) is 0 Å². The largest absolute Gasteiger partial charge is 0.297 e. The summed E-state index contributed by atoms with van der Waals surface area (Å²) in [5.41, 5.74) is 2.00. The molecule has 0 aliphatic carbocycles. The van der Waals surface area contributed by atoms with Crippen LogP contribution in [0.1, 0.15) is 43.1 Å². The summed E-state index contributed by atoms with van der Waals surface area (Å²) in [4.78, 5) is 14.4. The molecule has 1 rings (SSSR count). The van der Waals surface area contributed by atoms with Crippen molar-refractivity contribution in [3.63, 3.8) is 0 Å². The number of carbonyl (C=O) groups is 1. The van der Waals surface area contributed by atoms with E-state index in [0.717, 1.165) is 18.5 Å². The highest BCUT2D eigenvalue weighted by atomic mass is 16.1. The molecule has 0 aromatic heterocycles. The third-order valence-corrected chi connectivity index (χ3v) is 3.44. The summed E-state index contributed by atoms with van der Waals surface area (Å²) in [6.45, 7) is 9.41. The minimum Gasteiger partial charge on any atom is -0.297 e. The summed E-state index contributed by atoms with van der Waals surface area (Å²) in [5.74, 6) is 0.885. The molecular weight excluding hydrogens is 222 g/mol. The fourth-order valence-electron chi connectivity index (χ4n) is 1.81. The van der Waals surface area contributed by atoms with E-state index in [4.69, 9.17) is 0 Å². The van der Waals surface area contributed by atoms with Gasteiger partial charge in [0.15, 0.2) is 5.78 Å². The number of carbonyl (C=O) groups excluding carboxylic acids is 1. The Morgan fingerprint density at radius 1 is 1.17 bits per heavy atom. The summed E-state index contributed by atoms with van der Waals surface area (Å²) >= 11 is 0. The fraction of sp³-hybridized carbons (Fsp3) is 0.562. The molecule has 0 saturated carbocycles. The van der Waals surface area contributed by atoms with Gasteiger partial charge in [-0.05, 0) is 39.8 Å². The van der Waals surface area contributed by atoms with Crippen LogP contribution in [-0.4, -0.2) is 30.3 Å². The van der Waals surface area contributed by atoms with Crippen molar-refractivity contribution in [2.24, 2.45) is 5.92 Å². The van der Waals surface area contributed by atoms with Gasteiger partial charge < -0.3 is 0 Å². The van der Waals surface area contributed by atoms with Crippen molar-refractivity contribution in [1.82, 2.24) is 4.90 Å². The highest BCUT2D eigenvalue weighted by molar-refractivity contribution is 5.99. The Balaban J connectivity index is 2.62. The van der Waals surface area contributed by atoms with Gasteiger partial charge >= 0.3 is 0 Å². The Hall–Kier alpha value is -1.15. The molecule has 0 radical (unpaired) electrons. The van der Waals surface area contributed by atoms with Gasteiger partial charge in [-0.15, -0.1) is 0 Å². The van der Waals surface area contributed by atoms with Crippen LogP contribution in [0.5, 0.6) is 0 Å². The maximum Gasteiger partial charge on any atom is 0.179 e. The normalized spacial score (nSPS) is 13.1. The number of hydrogen-bond acceptors (Lipinski definition) is 2. The van der Waals surface area contributed by atoms with Crippen LogP contribution in [0.3, 0.4) is 0 Å². The van der Waals surface area contributed by atoms with Crippen LogP contribution >= 0.6 is 0 Å². The first-order valence-corrected chi connectivity index (χ1v) is 6.73. The van der Waals surface area contributed by atoms with E-state index in [-0.39, 0.29) is 11.8 Å². The average Bonchev–Trinajstić information content (AvgIpc) is 2.35. The van der Waals surface area contributed by atoms with Gasteiger partial charge in [0.25, 0.3) is 0 Å². The number of aryl methyl sites for hydroxylation is 1. The molecule has 0 fully saturated rings. The molecule has 0 saturated heterocycles. The zero-order chi connectivity index (χ0) is 13.7. The Morgan fingerprint density at radius 2 is 1.72 bits per heavy atom.